The zero-order chi connectivity index (χ0) is 18.5. The van der Waals surface area contributed by atoms with E-state index in [-0.39, 0.29) is 23.7 Å². The summed E-state index contributed by atoms with van der Waals surface area (Å²) in [4.78, 5) is 24.3. The molecule has 0 saturated heterocycles. The van der Waals surface area contributed by atoms with Crippen LogP contribution in [0.15, 0.2) is 42.5 Å². The molecule has 2 aromatic carbocycles. The maximum atomic E-state index is 12.3. The number of phenolic OH excluding ortho intramolecular Hbond substituents is 1. The van der Waals surface area contributed by atoms with E-state index < -0.39 is 5.97 Å². The van der Waals surface area contributed by atoms with Crippen molar-refractivity contribution in [1.29, 1.82) is 0 Å². The first-order valence-corrected chi connectivity index (χ1v) is 9.21. The third-order valence-electron chi connectivity index (χ3n) is 4.82. The van der Waals surface area contributed by atoms with E-state index in [1.807, 2.05) is 12.1 Å². The summed E-state index contributed by atoms with van der Waals surface area (Å²) in [6.45, 7) is -0.381. The summed E-state index contributed by atoms with van der Waals surface area (Å²) >= 11 is 5.81. The Labute approximate surface area is 157 Å². The van der Waals surface area contributed by atoms with Gasteiger partial charge in [-0.2, -0.15) is 0 Å². The summed E-state index contributed by atoms with van der Waals surface area (Å²) in [5, 5.41) is 10.0. The molecule has 136 valence electrons. The maximum Gasteiger partial charge on any atom is 0.342 e. The molecule has 0 aliphatic heterocycles. The molecule has 3 rings (SSSR count). The summed E-state index contributed by atoms with van der Waals surface area (Å²) in [5.41, 5.74) is 1.72. The van der Waals surface area contributed by atoms with E-state index in [2.05, 4.69) is 0 Å². The van der Waals surface area contributed by atoms with Crippen molar-refractivity contribution in [2.45, 2.75) is 38.0 Å². The minimum Gasteiger partial charge on any atom is -0.507 e. The van der Waals surface area contributed by atoms with Gasteiger partial charge in [0.05, 0.1) is 0 Å². The Morgan fingerprint density at radius 3 is 2.42 bits per heavy atom. The van der Waals surface area contributed by atoms with Crippen LogP contribution in [0.5, 0.6) is 5.75 Å². The van der Waals surface area contributed by atoms with E-state index in [0.717, 1.165) is 0 Å². The third-order valence-corrected chi connectivity index (χ3v) is 5.06. The van der Waals surface area contributed by atoms with Gasteiger partial charge in [0.15, 0.2) is 12.4 Å². The number of phenols is 1. The molecule has 0 bridgehead atoms. The number of ether oxygens (including phenoxy) is 1. The SMILES string of the molecule is O=C(COC(=O)c1cc(Cl)ccc1O)c1ccc(C2CCCCC2)cc1. The van der Waals surface area contributed by atoms with Crippen LogP contribution in [-0.4, -0.2) is 23.5 Å². The van der Waals surface area contributed by atoms with E-state index >= 15 is 0 Å². The van der Waals surface area contributed by atoms with Crippen LogP contribution < -0.4 is 0 Å². The maximum absolute atomic E-state index is 12.3. The van der Waals surface area contributed by atoms with Crippen LogP contribution in [0, 0.1) is 0 Å². The molecule has 0 aromatic heterocycles. The highest BCUT2D eigenvalue weighted by molar-refractivity contribution is 6.31. The Kier molecular flexibility index (Phi) is 5.94. The number of rotatable bonds is 5. The number of esters is 1. The van der Waals surface area contributed by atoms with Crippen molar-refractivity contribution in [2.75, 3.05) is 6.61 Å². The van der Waals surface area contributed by atoms with Gasteiger partial charge >= 0.3 is 5.97 Å². The lowest BCUT2D eigenvalue weighted by Gasteiger charge is -2.22. The molecule has 0 unspecified atom stereocenters. The Balaban J connectivity index is 1.59. The van der Waals surface area contributed by atoms with Crippen LogP contribution in [0.25, 0.3) is 0 Å². The van der Waals surface area contributed by atoms with Crippen molar-refractivity contribution < 1.29 is 19.4 Å². The second kappa shape index (κ2) is 8.37. The summed E-state index contributed by atoms with van der Waals surface area (Å²) in [6.07, 6.45) is 6.23. The smallest absolute Gasteiger partial charge is 0.342 e. The predicted molar refractivity (Wildman–Crippen MR) is 100.0 cm³/mol. The number of aromatic hydroxyl groups is 1. The lowest BCUT2D eigenvalue weighted by Crippen LogP contribution is -2.14. The molecular formula is C21H21ClO4. The summed E-state index contributed by atoms with van der Waals surface area (Å²) in [5.74, 6) is -0.715. The van der Waals surface area contributed by atoms with Crippen molar-refractivity contribution in [1.82, 2.24) is 0 Å². The predicted octanol–water partition coefficient (Wildman–Crippen LogP) is 5.13. The molecule has 4 nitrogen and oxygen atoms in total. The van der Waals surface area contributed by atoms with Gasteiger partial charge in [0.2, 0.25) is 0 Å². The summed E-state index contributed by atoms with van der Waals surface area (Å²) < 4.78 is 5.02. The zero-order valence-corrected chi connectivity index (χ0v) is 15.2. The number of hydrogen-bond acceptors (Lipinski definition) is 4. The molecule has 0 amide bonds. The molecule has 2 aromatic rings. The summed E-state index contributed by atoms with van der Waals surface area (Å²) in [7, 11) is 0. The Morgan fingerprint density at radius 1 is 1.04 bits per heavy atom. The fourth-order valence-corrected chi connectivity index (χ4v) is 3.51. The topological polar surface area (TPSA) is 63.6 Å². The number of hydrogen-bond donors (Lipinski definition) is 1. The normalized spacial score (nSPS) is 14.8. The lowest BCUT2D eigenvalue weighted by atomic mass is 9.84. The van der Waals surface area contributed by atoms with Crippen molar-refractivity contribution >= 4 is 23.4 Å². The molecule has 1 aliphatic rings. The first kappa shape index (κ1) is 18.5. The second-order valence-corrected chi connectivity index (χ2v) is 7.05. The molecule has 0 spiro atoms. The number of Topliss-reactive ketones (excluding diaryl/α,β-unsaturated/α-hetero) is 1. The van der Waals surface area contributed by atoms with Crippen LogP contribution in [-0.2, 0) is 4.74 Å². The van der Waals surface area contributed by atoms with Gasteiger partial charge < -0.3 is 9.84 Å². The molecule has 1 aliphatic carbocycles. The third kappa shape index (κ3) is 4.44. The Morgan fingerprint density at radius 2 is 1.73 bits per heavy atom. The van der Waals surface area contributed by atoms with Gasteiger partial charge in [-0.3, -0.25) is 4.79 Å². The van der Waals surface area contributed by atoms with Crippen molar-refractivity contribution in [3.8, 4) is 5.75 Å². The number of carbonyl (C=O) groups is 2. The van der Waals surface area contributed by atoms with Crippen LogP contribution >= 0.6 is 11.6 Å². The molecule has 0 heterocycles. The molecule has 1 saturated carbocycles. The van der Waals surface area contributed by atoms with E-state index in [0.29, 0.717) is 16.5 Å². The number of halogens is 1. The van der Waals surface area contributed by atoms with Gasteiger partial charge in [0, 0.05) is 10.6 Å². The van der Waals surface area contributed by atoms with Crippen molar-refractivity contribution in [3.05, 3.63) is 64.2 Å². The standard InChI is InChI=1S/C21H21ClO4/c22-17-10-11-19(23)18(12-17)21(25)26-13-20(24)16-8-6-15(7-9-16)14-4-2-1-3-5-14/h6-12,14,23H,1-5,13H2. The quantitative estimate of drug-likeness (QED) is 0.583. The van der Waals surface area contributed by atoms with Gasteiger partial charge in [-0.15, -0.1) is 0 Å². The average molecular weight is 373 g/mol. The number of ketones is 1. The highest BCUT2D eigenvalue weighted by Gasteiger charge is 2.18. The van der Waals surface area contributed by atoms with Crippen LogP contribution in [0.3, 0.4) is 0 Å². The Bertz CT molecular complexity index is 792. The van der Waals surface area contributed by atoms with E-state index in [9.17, 15) is 14.7 Å². The number of carbonyl (C=O) groups excluding carboxylic acids is 2. The average Bonchev–Trinajstić information content (AvgIpc) is 2.68. The highest BCUT2D eigenvalue weighted by Crippen LogP contribution is 2.32. The van der Waals surface area contributed by atoms with Gasteiger partial charge in [-0.1, -0.05) is 55.1 Å². The van der Waals surface area contributed by atoms with E-state index in [1.54, 1.807) is 12.1 Å². The lowest BCUT2D eigenvalue weighted by molar-refractivity contribution is 0.0472. The van der Waals surface area contributed by atoms with Crippen LogP contribution in [0.4, 0.5) is 0 Å². The molecule has 0 atom stereocenters. The van der Waals surface area contributed by atoms with Gasteiger partial charge in [-0.05, 0) is 42.5 Å². The van der Waals surface area contributed by atoms with Crippen molar-refractivity contribution in [2.24, 2.45) is 0 Å². The van der Waals surface area contributed by atoms with Crippen LogP contribution in [0.2, 0.25) is 5.02 Å². The van der Waals surface area contributed by atoms with Gasteiger partial charge in [0.1, 0.15) is 11.3 Å². The Hall–Kier alpha value is -2.33. The molecule has 1 N–H and O–H groups in total. The first-order valence-electron chi connectivity index (χ1n) is 8.83. The van der Waals surface area contributed by atoms with E-state index in [1.165, 1.54) is 55.9 Å². The van der Waals surface area contributed by atoms with Crippen molar-refractivity contribution in [3.63, 3.8) is 0 Å². The zero-order valence-electron chi connectivity index (χ0n) is 14.4. The fraction of sp³-hybridized carbons (Fsp3) is 0.333. The molecular weight excluding hydrogens is 352 g/mol. The molecule has 5 heteroatoms. The van der Waals surface area contributed by atoms with Crippen LogP contribution in [0.1, 0.15) is 64.3 Å². The minimum atomic E-state index is -0.780. The largest absolute Gasteiger partial charge is 0.507 e. The minimum absolute atomic E-state index is 0.0575. The fourth-order valence-electron chi connectivity index (χ4n) is 3.34. The summed E-state index contributed by atoms with van der Waals surface area (Å²) in [6, 6.07) is 11.6. The molecule has 26 heavy (non-hydrogen) atoms. The van der Waals surface area contributed by atoms with Gasteiger partial charge in [0.25, 0.3) is 0 Å². The number of benzene rings is 2. The molecule has 0 radical (unpaired) electrons. The van der Waals surface area contributed by atoms with E-state index in [4.69, 9.17) is 16.3 Å². The second-order valence-electron chi connectivity index (χ2n) is 6.62. The van der Waals surface area contributed by atoms with Gasteiger partial charge in [-0.25, -0.2) is 4.79 Å². The first-order chi connectivity index (χ1) is 12.5. The monoisotopic (exact) mass is 372 g/mol. The molecule has 1 fully saturated rings. The highest BCUT2D eigenvalue weighted by atomic mass is 35.5.